The number of aromatic hydroxyl groups is 1. The number of imide groups is 2. The van der Waals surface area contributed by atoms with Gasteiger partial charge in [-0.2, -0.15) is 15.2 Å². The highest BCUT2D eigenvalue weighted by atomic mass is 127. The molecule has 4 amide bonds. The molecule has 64 heavy (non-hydrogen) atoms. The molecule has 2 N–H and O–H groups in total. The van der Waals surface area contributed by atoms with Crippen molar-refractivity contribution >= 4 is 97.9 Å². The molecule has 4 aliphatic rings. The fourth-order valence-electron chi connectivity index (χ4n) is 9.99. The van der Waals surface area contributed by atoms with E-state index in [0.717, 1.165) is 16.3 Å². The summed E-state index contributed by atoms with van der Waals surface area (Å²) in [7, 11) is 6.90. The van der Waals surface area contributed by atoms with Gasteiger partial charge in [0.2, 0.25) is 11.8 Å². The molecule has 5 aromatic carbocycles. The van der Waals surface area contributed by atoms with E-state index in [2.05, 4.69) is 15.7 Å². The van der Waals surface area contributed by atoms with Crippen molar-refractivity contribution < 1.29 is 33.8 Å². The number of anilines is 3. The molecule has 0 radical (unpaired) electrons. The highest BCUT2D eigenvalue weighted by molar-refractivity contribution is 14.1. The maximum atomic E-state index is 15.6. The summed E-state index contributed by atoms with van der Waals surface area (Å²) in [5.41, 5.74) is 6.17. The van der Waals surface area contributed by atoms with Crippen LogP contribution in [-0.2, 0) is 24.6 Å². The zero-order valence-corrected chi connectivity index (χ0v) is 38.6. The van der Waals surface area contributed by atoms with Crippen molar-refractivity contribution in [2.45, 2.75) is 24.2 Å². The number of hydrogen-bond acceptors (Lipinski definition) is 11. The lowest BCUT2D eigenvalue weighted by atomic mass is 9.49. The molecule has 3 fully saturated rings. The first-order valence-electron chi connectivity index (χ1n) is 20.4. The topological polar surface area (TPSA) is 153 Å². The summed E-state index contributed by atoms with van der Waals surface area (Å²) in [5, 5.41) is 21.4. The first-order valence-corrected chi connectivity index (χ1v) is 22.3. The molecular formula is C48H41Cl2IN6O7. The number of nitrogens with zero attached hydrogens (tertiary/aromatic N) is 5. The van der Waals surface area contributed by atoms with E-state index in [1.165, 1.54) is 18.1 Å². The van der Waals surface area contributed by atoms with Gasteiger partial charge in [0.15, 0.2) is 11.5 Å². The number of benzene rings is 5. The minimum absolute atomic E-state index is 0.0701. The number of carbonyl (C=O) groups excluding carboxylic acids is 4. The Morgan fingerprint density at radius 2 is 1.48 bits per heavy atom. The Balaban J connectivity index is 1.14. The number of nitrogens with one attached hydrogen (secondary N) is 1. The number of azo groups is 1. The lowest BCUT2D eigenvalue weighted by molar-refractivity contribution is -0.138. The summed E-state index contributed by atoms with van der Waals surface area (Å²) in [6, 6.07) is 29.6. The van der Waals surface area contributed by atoms with Crippen LogP contribution in [0.4, 0.5) is 28.4 Å². The molecule has 2 aliphatic carbocycles. The molecule has 0 aromatic heterocycles. The Morgan fingerprint density at radius 3 is 2.11 bits per heavy atom. The van der Waals surface area contributed by atoms with Crippen LogP contribution in [0.25, 0.3) is 0 Å². The van der Waals surface area contributed by atoms with Crippen LogP contribution < -0.4 is 24.7 Å². The maximum Gasteiger partial charge on any atom is 0.260 e. The molecule has 1 saturated carbocycles. The predicted octanol–water partition coefficient (Wildman–Crippen LogP) is 9.99. The molecule has 2 saturated heterocycles. The van der Waals surface area contributed by atoms with Crippen LogP contribution in [0, 0.1) is 27.2 Å². The first kappa shape index (κ1) is 43.3. The van der Waals surface area contributed by atoms with Crippen molar-refractivity contribution in [1.29, 1.82) is 0 Å². The third kappa shape index (κ3) is 7.06. The SMILES string of the molecule is COc1ccc([C@@]23C(=O)N(Nc4ccc(Cl)cc4Cl)C(=O)[C@@H]2C[C@@H]2C(=CC[C@@H]4C(=O)N(c5ccc(N=Nc6ccc(N(C)C)cc6)cc5)C(=O)[C@@H]42)[C@@H]3c2cc(I)c(O)c(OC)c2)cc1. The average molecular weight is 1010 g/mol. The van der Waals surface area contributed by atoms with Crippen molar-refractivity contribution in [2.75, 3.05) is 43.5 Å². The van der Waals surface area contributed by atoms with Crippen molar-refractivity contribution in [3.05, 3.63) is 140 Å². The van der Waals surface area contributed by atoms with E-state index in [4.69, 9.17) is 32.7 Å². The maximum absolute atomic E-state index is 15.6. The van der Waals surface area contributed by atoms with Crippen LogP contribution in [0.15, 0.2) is 125 Å². The fourth-order valence-corrected chi connectivity index (χ4v) is 11.1. The number of halogens is 3. The van der Waals surface area contributed by atoms with Gasteiger partial charge in [-0.05, 0) is 143 Å². The Kier molecular flexibility index (Phi) is 11.4. The zero-order chi connectivity index (χ0) is 45.2. The number of fused-ring (bicyclic) bond motifs is 4. The second-order valence-corrected chi connectivity index (χ2v) is 18.4. The second-order valence-electron chi connectivity index (χ2n) is 16.4. The quantitative estimate of drug-likeness (QED) is 0.0603. The molecule has 5 aromatic rings. The molecule has 2 heterocycles. The second kappa shape index (κ2) is 16.9. The molecule has 0 unspecified atom stereocenters. The van der Waals surface area contributed by atoms with Gasteiger partial charge in [-0.1, -0.05) is 47.0 Å². The first-order chi connectivity index (χ1) is 30.8. The van der Waals surface area contributed by atoms with Crippen molar-refractivity contribution in [3.63, 3.8) is 0 Å². The standard InChI is InChI=1S/C48H41Cl2IN6O7/c1-55(2)30-12-8-28(9-13-30)52-53-29-10-14-31(15-11-29)56-44(59)34-19-18-33-35(41(34)46(56)61)24-36-45(60)57(54-39-20-7-27(49)23-37(39)50)47(62)48(36,26-5-16-32(63-3)17-6-26)42(33)25-21-38(51)43(58)40(22-25)64-4/h5-18,20-23,34-36,41-42,54,58H,19,24H2,1-4H3/t34-,35+,36-,41-,42-,48+/m0/s1. The Bertz CT molecular complexity index is 2790. The molecule has 6 atom stereocenters. The number of carbonyl (C=O) groups is 4. The molecule has 2 aliphatic heterocycles. The number of hydrazine groups is 1. The number of allylic oxidation sites excluding steroid dienone is 2. The van der Waals surface area contributed by atoms with E-state index in [1.54, 1.807) is 79.9 Å². The summed E-state index contributed by atoms with van der Waals surface area (Å²) in [5.74, 6) is -5.32. The number of rotatable bonds is 10. The summed E-state index contributed by atoms with van der Waals surface area (Å²) in [4.78, 5) is 63.4. The van der Waals surface area contributed by atoms with Gasteiger partial charge >= 0.3 is 0 Å². The number of ether oxygens (including phenoxy) is 2. The van der Waals surface area contributed by atoms with Crippen LogP contribution in [0.1, 0.15) is 29.9 Å². The average Bonchev–Trinajstić information content (AvgIpc) is 3.68. The van der Waals surface area contributed by atoms with Gasteiger partial charge in [-0.25, -0.2) is 0 Å². The van der Waals surface area contributed by atoms with Gasteiger partial charge in [0.25, 0.3) is 11.8 Å². The largest absolute Gasteiger partial charge is 0.504 e. The van der Waals surface area contributed by atoms with Gasteiger partial charge in [0.05, 0.1) is 68.7 Å². The summed E-state index contributed by atoms with van der Waals surface area (Å²) in [6.07, 6.45) is 2.26. The van der Waals surface area contributed by atoms with E-state index in [-0.39, 0.29) is 41.0 Å². The Labute approximate surface area is 392 Å². The normalized spacial score (nSPS) is 23.8. The minimum atomic E-state index is -1.60. The number of methoxy groups -OCH3 is 2. The van der Waals surface area contributed by atoms with Gasteiger partial charge in [-0.3, -0.25) is 29.5 Å². The molecule has 0 bridgehead atoms. The van der Waals surface area contributed by atoms with Crippen LogP contribution in [0.5, 0.6) is 17.2 Å². The van der Waals surface area contributed by atoms with Gasteiger partial charge in [0, 0.05) is 30.7 Å². The molecule has 13 nitrogen and oxygen atoms in total. The molecule has 0 spiro atoms. The highest BCUT2D eigenvalue weighted by Gasteiger charge is 2.70. The lowest BCUT2D eigenvalue weighted by Crippen LogP contribution is -2.53. The predicted molar refractivity (Wildman–Crippen MR) is 252 cm³/mol. The van der Waals surface area contributed by atoms with Gasteiger partial charge < -0.3 is 19.5 Å². The zero-order valence-electron chi connectivity index (χ0n) is 35.0. The van der Waals surface area contributed by atoms with E-state index in [0.29, 0.717) is 42.5 Å². The molecule has 16 heteroatoms. The summed E-state index contributed by atoms with van der Waals surface area (Å²) >= 11 is 14.8. The number of amides is 4. The lowest BCUT2D eigenvalue weighted by Gasteiger charge is -2.50. The van der Waals surface area contributed by atoms with Crippen LogP contribution in [0.3, 0.4) is 0 Å². The number of phenols is 1. The highest BCUT2D eigenvalue weighted by Crippen LogP contribution is 2.65. The van der Waals surface area contributed by atoms with E-state index < -0.39 is 52.7 Å². The third-order valence-electron chi connectivity index (χ3n) is 12.9. The summed E-state index contributed by atoms with van der Waals surface area (Å²) < 4.78 is 11.6. The molecular weight excluding hydrogens is 970 g/mol. The summed E-state index contributed by atoms with van der Waals surface area (Å²) in [6.45, 7) is 0. The van der Waals surface area contributed by atoms with Crippen LogP contribution >= 0.6 is 45.8 Å². The molecule has 326 valence electrons. The number of hydrogen-bond donors (Lipinski definition) is 2. The van der Waals surface area contributed by atoms with E-state index >= 15 is 9.59 Å². The van der Waals surface area contributed by atoms with Crippen LogP contribution in [0.2, 0.25) is 10.0 Å². The third-order valence-corrected chi connectivity index (χ3v) is 14.3. The van der Waals surface area contributed by atoms with Crippen molar-refractivity contribution in [1.82, 2.24) is 5.01 Å². The van der Waals surface area contributed by atoms with Crippen LogP contribution in [-0.4, -0.2) is 62.1 Å². The fraction of sp³-hybridized carbons (Fsp3) is 0.250. The Morgan fingerprint density at radius 1 is 0.812 bits per heavy atom. The van der Waals surface area contributed by atoms with E-state index in [1.807, 2.05) is 71.9 Å². The van der Waals surface area contributed by atoms with Crippen molar-refractivity contribution in [2.24, 2.45) is 33.9 Å². The smallest absolute Gasteiger partial charge is 0.260 e. The molecule has 9 rings (SSSR count). The monoisotopic (exact) mass is 1010 g/mol. The number of phenolic OH excluding ortho intramolecular Hbond substituents is 1. The Hall–Kier alpha value is -5.97. The van der Waals surface area contributed by atoms with Gasteiger partial charge in [0.1, 0.15) is 5.75 Å². The van der Waals surface area contributed by atoms with Gasteiger partial charge in [-0.15, -0.1) is 0 Å². The minimum Gasteiger partial charge on any atom is -0.504 e. The van der Waals surface area contributed by atoms with E-state index in [9.17, 15) is 14.7 Å². The van der Waals surface area contributed by atoms with Crippen molar-refractivity contribution in [3.8, 4) is 17.2 Å².